The first kappa shape index (κ1) is 16.7. The minimum Gasteiger partial charge on any atom is -0.326 e. The molecule has 0 saturated heterocycles. The van der Waals surface area contributed by atoms with Gasteiger partial charge in [0.15, 0.2) is 0 Å². The zero-order chi connectivity index (χ0) is 17.1. The molecule has 1 N–H and O–H groups in total. The van der Waals surface area contributed by atoms with Crippen LogP contribution in [0.3, 0.4) is 0 Å². The number of amides is 2. The molecule has 0 spiro atoms. The monoisotopic (exact) mass is 386 g/mol. The highest BCUT2D eigenvalue weighted by Crippen LogP contribution is 2.33. The summed E-state index contributed by atoms with van der Waals surface area (Å²) < 4.78 is 0.977. The van der Waals surface area contributed by atoms with E-state index in [1.165, 1.54) is 6.92 Å². The SMILES string of the molecule is CC(=O)Nc1ccc(N(C(=O)Cc2cccc(Br)c2)C2CC2)cc1. The third kappa shape index (κ3) is 4.23. The van der Waals surface area contributed by atoms with E-state index in [2.05, 4.69) is 21.2 Å². The second-order valence-corrected chi connectivity index (χ2v) is 6.95. The van der Waals surface area contributed by atoms with Gasteiger partial charge in [-0.05, 0) is 54.8 Å². The summed E-state index contributed by atoms with van der Waals surface area (Å²) in [7, 11) is 0. The Kier molecular flexibility index (Phi) is 5.00. The third-order valence-corrected chi connectivity index (χ3v) is 4.38. The van der Waals surface area contributed by atoms with Crippen molar-refractivity contribution in [1.82, 2.24) is 0 Å². The van der Waals surface area contributed by atoms with E-state index in [0.717, 1.165) is 34.3 Å². The summed E-state index contributed by atoms with van der Waals surface area (Å²) in [6.07, 6.45) is 2.46. The summed E-state index contributed by atoms with van der Waals surface area (Å²) in [5, 5.41) is 2.74. The van der Waals surface area contributed by atoms with Crippen molar-refractivity contribution in [2.45, 2.75) is 32.2 Å². The molecule has 0 radical (unpaired) electrons. The minimum absolute atomic E-state index is 0.0999. The van der Waals surface area contributed by atoms with E-state index in [9.17, 15) is 9.59 Å². The lowest BCUT2D eigenvalue weighted by Gasteiger charge is -2.23. The Morgan fingerprint density at radius 2 is 1.88 bits per heavy atom. The van der Waals surface area contributed by atoms with Crippen LogP contribution in [0.1, 0.15) is 25.3 Å². The summed E-state index contributed by atoms with van der Waals surface area (Å²) in [6, 6.07) is 15.6. The predicted octanol–water partition coefficient (Wildman–Crippen LogP) is 4.15. The van der Waals surface area contributed by atoms with Crippen molar-refractivity contribution in [2.75, 3.05) is 10.2 Å². The van der Waals surface area contributed by atoms with Crippen LogP contribution in [0, 0.1) is 0 Å². The number of carbonyl (C=O) groups is 2. The summed E-state index contributed by atoms with van der Waals surface area (Å²) in [5.41, 5.74) is 2.61. The van der Waals surface area contributed by atoms with Gasteiger partial charge < -0.3 is 10.2 Å². The van der Waals surface area contributed by atoms with Gasteiger partial charge in [0.25, 0.3) is 0 Å². The summed E-state index contributed by atoms with van der Waals surface area (Å²) in [6.45, 7) is 1.48. The Morgan fingerprint density at radius 1 is 1.17 bits per heavy atom. The number of hydrogen-bond acceptors (Lipinski definition) is 2. The van der Waals surface area contributed by atoms with Gasteiger partial charge in [-0.3, -0.25) is 9.59 Å². The molecule has 24 heavy (non-hydrogen) atoms. The number of rotatable bonds is 5. The van der Waals surface area contributed by atoms with Gasteiger partial charge >= 0.3 is 0 Å². The molecular weight excluding hydrogens is 368 g/mol. The van der Waals surface area contributed by atoms with E-state index in [0.29, 0.717) is 6.42 Å². The van der Waals surface area contributed by atoms with Gasteiger partial charge in [0.1, 0.15) is 0 Å². The maximum absolute atomic E-state index is 12.8. The lowest BCUT2D eigenvalue weighted by Crippen LogP contribution is -2.34. The molecule has 2 amide bonds. The first-order chi connectivity index (χ1) is 11.5. The van der Waals surface area contributed by atoms with Crippen molar-refractivity contribution in [3.63, 3.8) is 0 Å². The Bertz CT molecular complexity index is 754. The van der Waals surface area contributed by atoms with Gasteiger partial charge in [-0.1, -0.05) is 28.1 Å². The maximum Gasteiger partial charge on any atom is 0.231 e. The van der Waals surface area contributed by atoms with Crippen molar-refractivity contribution in [3.05, 3.63) is 58.6 Å². The van der Waals surface area contributed by atoms with Crippen molar-refractivity contribution in [2.24, 2.45) is 0 Å². The van der Waals surface area contributed by atoms with Gasteiger partial charge in [-0.2, -0.15) is 0 Å². The number of halogens is 1. The smallest absolute Gasteiger partial charge is 0.231 e. The fourth-order valence-electron chi connectivity index (χ4n) is 2.71. The molecule has 0 unspecified atom stereocenters. The summed E-state index contributed by atoms with van der Waals surface area (Å²) in [5.74, 6) is -0.00425. The molecule has 2 aromatic rings. The molecule has 0 aliphatic heterocycles. The fraction of sp³-hybridized carbons (Fsp3) is 0.263. The zero-order valence-electron chi connectivity index (χ0n) is 13.5. The zero-order valence-corrected chi connectivity index (χ0v) is 15.0. The Hall–Kier alpha value is -2.14. The van der Waals surface area contributed by atoms with E-state index in [4.69, 9.17) is 0 Å². The molecule has 2 aromatic carbocycles. The quantitative estimate of drug-likeness (QED) is 0.838. The largest absolute Gasteiger partial charge is 0.326 e. The second kappa shape index (κ2) is 7.18. The molecule has 5 heteroatoms. The van der Waals surface area contributed by atoms with E-state index >= 15 is 0 Å². The molecule has 0 bridgehead atoms. The Labute approximate surface area is 150 Å². The average Bonchev–Trinajstić information content (AvgIpc) is 3.33. The molecule has 0 aromatic heterocycles. The topological polar surface area (TPSA) is 49.4 Å². The van der Waals surface area contributed by atoms with Gasteiger partial charge in [0, 0.05) is 28.8 Å². The highest BCUT2D eigenvalue weighted by atomic mass is 79.9. The van der Waals surface area contributed by atoms with Crippen LogP contribution in [-0.2, 0) is 16.0 Å². The highest BCUT2D eigenvalue weighted by Gasteiger charge is 2.33. The summed E-state index contributed by atoms with van der Waals surface area (Å²) in [4.78, 5) is 25.8. The fourth-order valence-corrected chi connectivity index (χ4v) is 3.15. The average molecular weight is 387 g/mol. The van der Waals surface area contributed by atoms with Gasteiger partial charge in [0.05, 0.1) is 6.42 Å². The number of benzene rings is 2. The Morgan fingerprint density at radius 3 is 2.46 bits per heavy atom. The molecule has 0 atom stereocenters. The number of anilines is 2. The predicted molar refractivity (Wildman–Crippen MR) is 99.1 cm³/mol. The van der Waals surface area contributed by atoms with Crippen LogP contribution in [0.15, 0.2) is 53.0 Å². The van der Waals surface area contributed by atoms with Crippen molar-refractivity contribution in [1.29, 1.82) is 0 Å². The number of carbonyl (C=O) groups excluding carboxylic acids is 2. The lowest BCUT2D eigenvalue weighted by molar-refractivity contribution is -0.118. The molecule has 124 valence electrons. The summed E-state index contributed by atoms with van der Waals surface area (Å²) >= 11 is 3.44. The molecule has 1 fully saturated rings. The maximum atomic E-state index is 12.8. The van der Waals surface area contributed by atoms with E-state index in [-0.39, 0.29) is 17.9 Å². The van der Waals surface area contributed by atoms with Crippen molar-refractivity contribution < 1.29 is 9.59 Å². The molecule has 1 aliphatic carbocycles. The van der Waals surface area contributed by atoms with Crippen LogP contribution in [0.25, 0.3) is 0 Å². The number of nitrogens with zero attached hydrogens (tertiary/aromatic N) is 1. The second-order valence-electron chi connectivity index (χ2n) is 6.03. The standard InChI is InChI=1S/C19H19BrN2O2/c1-13(23)21-16-5-7-17(8-6-16)22(18-9-10-18)19(24)12-14-3-2-4-15(20)11-14/h2-8,11,18H,9-10,12H2,1H3,(H,21,23). The van der Waals surface area contributed by atoms with E-state index in [1.54, 1.807) is 0 Å². The molecule has 4 nitrogen and oxygen atoms in total. The molecule has 1 aliphatic rings. The van der Waals surface area contributed by atoms with Crippen LogP contribution >= 0.6 is 15.9 Å². The normalized spacial score (nSPS) is 13.4. The van der Waals surface area contributed by atoms with Crippen LogP contribution in [-0.4, -0.2) is 17.9 Å². The van der Waals surface area contributed by atoms with E-state index in [1.807, 2.05) is 53.4 Å². The molecular formula is C19H19BrN2O2. The molecule has 1 saturated carbocycles. The Balaban J connectivity index is 1.77. The lowest BCUT2D eigenvalue weighted by atomic mass is 10.1. The minimum atomic E-state index is -0.104. The number of nitrogens with one attached hydrogen (secondary N) is 1. The third-order valence-electron chi connectivity index (χ3n) is 3.89. The van der Waals surface area contributed by atoms with Crippen LogP contribution in [0.4, 0.5) is 11.4 Å². The van der Waals surface area contributed by atoms with Crippen molar-refractivity contribution in [3.8, 4) is 0 Å². The first-order valence-electron chi connectivity index (χ1n) is 7.97. The molecule has 0 heterocycles. The van der Waals surface area contributed by atoms with Crippen LogP contribution < -0.4 is 10.2 Å². The van der Waals surface area contributed by atoms with E-state index < -0.39 is 0 Å². The van der Waals surface area contributed by atoms with Crippen LogP contribution in [0.2, 0.25) is 0 Å². The highest BCUT2D eigenvalue weighted by molar-refractivity contribution is 9.10. The number of hydrogen-bond donors (Lipinski definition) is 1. The van der Waals surface area contributed by atoms with Crippen molar-refractivity contribution >= 4 is 39.1 Å². The van der Waals surface area contributed by atoms with Gasteiger partial charge in [-0.15, -0.1) is 0 Å². The first-order valence-corrected chi connectivity index (χ1v) is 8.76. The van der Waals surface area contributed by atoms with Crippen LogP contribution in [0.5, 0.6) is 0 Å². The van der Waals surface area contributed by atoms with Gasteiger partial charge in [0.2, 0.25) is 11.8 Å². The van der Waals surface area contributed by atoms with Gasteiger partial charge in [-0.25, -0.2) is 0 Å². The molecule has 3 rings (SSSR count).